The van der Waals surface area contributed by atoms with Gasteiger partial charge in [-0.05, 0) is 31.5 Å². The van der Waals surface area contributed by atoms with Crippen LogP contribution in [0.5, 0.6) is 0 Å². The number of sulfonamides is 1. The molecule has 0 radical (unpaired) electrons. The molecule has 2 aromatic carbocycles. The molecule has 1 aromatic heterocycles. The van der Waals surface area contributed by atoms with Gasteiger partial charge in [0.25, 0.3) is 5.92 Å². The maximum Gasteiger partial charge on any atom is 0.326 e. The number of aromatic nitrogens is 1. The van der Waals surface area contributed by atoms with Crippen LogP contribution in [-0.4, -0.2) is 68.5 Å². The molecule has 15 heteroatoms. The Kier molecular flexibility index (Phi) is 6.79. The van der Waals surface area contributed by atoms with E-state index in [0.29, 0.717) is 0 Å². The maximum absolute atomic E-state index is 15.8. The van der Waals surface area contributed by atoms with Crippen molar-refractivity contribution in [3.05, 3.63) is 47.3 Å². The average molecular weight is 575 g/mol. The number of urea groups is 1. The number of rotatable bonds is 7. The number of amides is 2. The topological polar surface area (TPSA) is 105 Å². The smallest absolute Gasteiger partial charge is 0.326 e. The molecule has 2 aliphatic heterocycles. The molecule has 9 nitrogen and oxygen atoms in total. The van der Waals surface area contributed by atoms with E-state index in [1.54, 1.807) is 0 Å². The molecular weight excluding hydrogens is 551 g/mol. The zero-order valence-corrected chi connectivity index (χ0v) is 21.5. The lowest BCUT2D eigenvalue weighted by Crippen LogP contribution is -2.56. The van der Waals surface area contributed by atoms with E-state index in [4.69, 9.17) is 9.26 Å². The van der Waals surface area contributed by atoms with Crippen molar-refractivity contribution in [2.45, 2.75) is 38.0 Å². The lowest BCUT2D eigenvalue weighted by Gasteiger charge is -2.37. The largest absolute Gasteiger partial charge is 0.380 e. The lowest BCUT2D eigenvalue weighted by molar-refractivity contribution is -0.0448. The minimum atomic E-state index is -4.01. The molecule has 1 N–H and O–H groups in total. The number of carbonyl (C=O) groups is 1. The van der Waals surface area contributed by atoms with Gasteiger partial charge in [-0.15, -0.1) is 0 Å². The normalized spacial score (nSPS) is 21.2. The molecule has 3 heterocycles. The van der Waals surface area contributed by atoms with Gasteiger partial charge < -0.3 is 14.2 Å². The van der Waals surface area contributed by atoms with E-state index in [1.165, 1.54) is 20.1 Å². The highest BCUT2D eigenvalue weighted by atomic mass is 32.2. The molecule has 0 unspecified atom stereocenters. The molecule has 3 aromatic rings. The predicted molar refractivity (Wildman–Crippen MR) is 129 cm³/mol. The van der Waals surface area contributed by atoms with Gasteiger partial charge in [-0.3, -0.25) is 4.90 Å². The van der Waals surface area contributed by atoms with Crippen molar-refractivity contribution in [2.75, 3.05) is 30.9 Å². The molecule has 2 fully saturated rings. The van der Waals surface area contributed by atoms with E-state index >= 15 is 13.2 Å². The quantitative estimate of drug-likeness (QED) is 0.428. The summed E-state index contributed by atoms with van der Waals surface area (Å²) >= 11 is 0. The number of hydrogen-bond acceptors (Lipinski definition) is 6. The standard InChI is InChI=1S/C24H23F5N4O5S/c1-3-39(35,36)31-16-10-33-17(24(16,28)29)7-8-32(23(33)34)22-19-15(38-30-22)9-12(11-37-2)21(27)20(19)18-13(25)5-4-6-14(18)26/h4-6,9,16-17,31H,3,7-8,10-11H2,1-2H3/t16-,17-/m1/s1. The predicted octanol–water partition coefficient (Wildman–Crippen LogP) is 4.02. The summed E-state index contributed by atoms with van der Waals surface area (Å²) in [5, 5.41) is 3.61. The van der Waals surface area contributed by atoms with Gasteiger partial charge in [-0.25, -0.2) is 39.9 Å². The summed E-state index contributed by atoms with van der Waals surface area (Å²) < 4.78 is 112. The van der Waals surface area contributed by atoms with Gasteiger partial charge in [-0.2, -0.15) is 0 Å². The van der Waals surface area contributed by atoms with E-state index in [9.17, 15) is 22.0 Å². The van der Waals surface area contributed by atoms with Crippen molar-refractivity contribution in [3.63, 3.8) is 0 Å². The number of benzene rings is 2. The van der Waals surface area contributed by atoms with Crippen LogP contribution in [0.3, 0.4) is 0 Å². The molecule has 0 bridgehead atoms. The van der Waals surface area contributed by atoms with Gasteiger partial charge in [-0.1, -0.05) is 11.2 Å². The molecular formula is C24H23F5N4O5S. The molecule has 39 heavy (non-hydrogen) atoms. The second-order valence-electron chi connectivity index (χ2n) is 9.27. The second kappa shape index (κ2) is 9.71. The molecule has 2 saturated heterocycles. The lowest BCUT2D eigenvalue weighted by atomic mass is 9.96. The number of methoxy groups -OCH3 is 1. The van der Waals surface area contributed by atoms with Crippen LogP contribution in [0.4, 0.5) is 32.6 Å². The first-order valence-electron chi connectivity index (χ1n) is 11.9. The summed E-state index contributed by atoms with van der Waals surface area (Å²) in [4.78, 5) is 15.2. The minimum Gasteiger partial charge on any atom is -0.380 e. The van der Waals surface area contributed by atoms with Crippen LogP contribution >= 0.6 is 0 Å². The van der Waals surface area contributed by atoms with E-state index in [0.717, 1.165) is 28.0 Å². The highest BCUT2D eigenvalue weighted by Crippen LogP contribution is 2.44. The SMILES string of the molecule is CCS(=O)(=O)N[C@@H]1CN2C(=O)N(c3noc4cc(COC)c(F)c(-c5c(F)cccc5F)c34)CC[C@@H]2C1(F)F. The Bertz CT molecular complexity index is 1540. The van der Waals surface area contributed by atoms with Crippen molar-refractivity contribution in [1.82, 2.24) is 14.8 Å². The van der Waals surface area contributed by atoms with Gasteiger partial charge in [0, 0.05) is 31.3 Å². The van der Waals surface area contributed by atoms with E-state index in [-0.39, 0.29) is 41.9 Å². The number of alkyl halides is 2. The zero-order valence-electron chi connectivity index (χ0n) is 20.7. The number of anilines is 1. The third kappa shape index (κ3) is 4.41. The Morgan fingerprint density at radius 1 is 1.21 bits per heavy atom. The Labute approximate surface area is 219 Å². The van der Waals surface area contributed by atoms with Crippen LogP contribution in [0, 0.1) is 17.5 Å². The second-order valence-corrected chi connectivity index (χ2v) is 11.3. The Morgan fingerprint density at radius 3 is 2.54 bits per heavy atom. The number of fused-ring (bicyclic) bond motifs is 2. The maximum atomic E-state index is 15.8. The molecule has 210 valence electrons. The molecule has 0 aliphatic carbocycles. The number of halogens is 5. The molecule has 2 atom stereocenters. The first-order valence-corrected chi connectivity index (χ1v) is 13.6. The molecule has 0 spiro atoms. The first-order chi connectivity index (χ1) is 18.4. The average Bonchev–Trinajstić information content (AvgIpc) is 3.39. The highest BCUT2D eigenvalue weighted by Gasteiger charge is 2.61. The van der Waals surface area contributed by atoms with Gasteiger partial charge in [0.1, 0.15) is 29.5 Å². The summed E-state index contributed by atoms with van der Waals surface area (Å²) in [6.45, 7) is 0.0515. The molecule has 0 saturated carbocycles. The fourth-order valence-corrected chi connectivity index (χ4v) is 5.93. The first kappa shape index (κ1) is 27.3. The third-order valence-electron chi connectivity index (χ3n) is 6.99. The fourth-order valence-electron chi connectivity index (χ4n) is 5.10. The van der Waals surface area contributed by atoms with Crippen LogP contribution in [0.25, 0.3) is 22.1 Å². The number of nitrogens with one attached hydrogen (secondary N) is 1. The van der Waals surface area contributed by atoms with Crippen LogP contribution in [0.15, 0.2) is 28.8 Å². The minimum absolute atomic E-state index is 0.0966. The number of nitrogens with zero attached hydrogens (tertiary/aromatic N) is 3. The van der Waals surface area contributed by atoms with Crippen LogP contribution in [0.2, 0.25) is 0 Å². The fraction of sp³-hybridized carbons (Fsp3) is 0.417. The molecule has 2 amide bonds. The van der Waals surface area contributed by atoms with Crippen molar-refractivity contribution in [2.24, 2.45) is 0 Å². The van der Waals surface area contributed by atoms with E-state index < -0.39 is 74.9 Å². The number of ether oxygens (including phenoxy) is 1. The number of carbonyl (C=O) groups excluding carboxylic acids is 1. The van der Waals surface area contributed by atoms with Crippen LogP contribution < -0.4 is 9.62 Å². The molecule has 2 aliphatic rings. The number of hydrogen-bond donors (Lipinski definition) is 1. The van der Waals surface area contributed by atoms with Crippen molar-refractivity contribution in [3.8, 4) is 11.1 Å². The van der Waals surface area contributed by atoms with Crippen molar-refractivity contribution in [1.29, 1.82) is 0 Å². The van der Waals surface area contributed by atoms with Crippen molar-refractivity contribution < 1.29 is 44.4 Å². The van der Waals surface area contributed by atoms with Gasteiger partial charge in [0.05, 0.1) is 23.3 Å². The summed E-state index contributed by atoms with van der Waals surface area (Å²) in [7, 11) is -2.72. The van der Waals surface area contributed by atoms with Gasteiger partial charge >= 0.3 is 6.03 Å². The van der Waals surface area contributed by atoms with Crippen molar-refractivity contribution >= 4 is 32.8 Å². The summed E-state index contributed by atoms with van der Waals surface area (Å²) in [5.74, 6) is -7.55. The molecule has 5 rings (SSSR count). The summed E-state index contributed by atoms with van der Waals surface area (Å²) in [6.07, 6.45) is -0.301. The highest BCUT2D eigenvalue weighted by molar-refractivity contribution is 7.89. The van der Waals surface area contributed by atoms with E-state index in [1.807, 2.05) is 4.72 Å². The Balaban J connectivity index is 1.62. The van der Waals surface area contributed by atoms with Crippen LogP contribution in [0.1, 0.15) is 18.9 Å². The third-order valence-corrected chi connectivity index (χ3v) is 8.40. The van der Waals surface area contributed by atoms with E-state index in [2.05, 4.69) is 5.16 Å². The van der Waals surface area contributed by atoms with Gasteiger partial charge in [0.15, 0.2) is 11.4 Å². The summed E-state index contributed by atoms with van der Waals surface area (Å²) in [6, 6.07) is -0.271. The Morgan fingerprint density at radius 2 is 1.90 bits per heavy atom. The summed E-state index contributed by atoms with van der Waals surface area (Å²) in [5.41, 5.74) is -1.51. The Hall–Kier alpha value is -3.30. The van der Waals surface area contributed by atoms with Crippen LogP contribution in [-0.2, 0) is 21.4 Å². The zero-order chi connectivity index (χ0) is 28.3. The van der Waals surface area contributed by atoms with Gasteiger partial charge in [0.2, 0.25) is 10.0 Å². The monoisotopic (exact) mass is 574 g/mol.